The zero-order valence-corrected chi connectivity index (χ0v) is 10.3. The van der Waals surface area contributed by atoms with E-state index in [9.17, 15) is 4.79 Å². The molecule has 1 heterocycles. The first kappa shape index (κ1) is 10.5. The molecular weight excluding hydrogens is 256 g/mol. The van der Waals surface area contributed by atoms with Gasteiger partial charge >= 0.3 is 0 Å². The molecule has 0 unspecified atom stereocenters. The number of nitrogens with zero attached hydrogens (tertiary/aromatic N) is 1. The van der Waals surface area contributed by atoms with Crippen molar-refractivity contribution in [2.75, 3.05) is 16.8 Å². The van der Waals surface area contributed by atoms with Crippen molar-refractivity contribution < 1.29 is 4.79 Å². The highest BCUT2D eigenvalue weighted by Crippen LogP contribution is 2.32. The van der Waals surface area contributed by atoms with Crippen molar-refractivity contribution in [2.24, 2.45) is 0 Å². The van der Waals surface area contributed by atoms with Crippen LogP contribution in [0.1, 0.15) is 13.8 Å². The number of carbonyl (C=O) groups is 1. The highest BCUT2D eigenvalue weighted by atomic mass is 79.9. The Morgan fingerprint density at radius 2 is 2.20 bits per heavy atom. The first-order chi connectivity index (χ1) is 7.08. The number of nitrogens with one attached hydrogen (secondary N) is 1. The SMILES string of the molecule is CC(C)N1CC(=O)Nc2cc(Br)ccc21. The van der Waals surface area contributed by atoms with Crippen LogP contribution in [-0.4, -0.2) is 18.5 Å². The lowest BCUT2D eigenvalue weighted by Gasteiger charge is -2.34. The van der Waals surface area contributed by atoms with Crippen LogP contribution < -0.4 is 10.2 Å². The molecule has 3 nitrogen and oxygen atoms in total. The summed E-state index contributed by atoms with van der Waals surface area (Å²) < 4.78 is 0.979. The number of rotatable bonds is 1. The van der Waals surface area contributed by atoms with Crippen molar-refractivity contribution in [3.63, 3.8) is 0 Å². The molecule has 0 radical (unpaired) electrons. The van der Waals surface area contributed by atoms with Crippen LogP contribution in [0.5, 0.6) is 0 Å². The molecule has 0 aliphatic carbocycles. The van der Waals surface area contributed by atoms with Gasteiger partial charge in [0.05, 0.1) is 17.9 Å². The van der Waals surface area contributed by atoms with Gasteiger partial charge in [0.1, 0.15) is 0 Å². The quantitative estimate of drug-likeness (QED) is 0.850. The summed E-state index contributed by atoms with van der Waals surface area (Å²) in [5, 5.41) is 2.87. The third kappa shape index (κ3) is 2.00. The maximum Gasteiger partial charge on any atom is 0.243 e. The molecule has 1 amide bonds. The van der Waals surface area contributed by atoms with Crippen LogP contribution in [0.25, 0.3) is 0 Å². The molecule has 1 aliphatic heterocycles. The first-order valence-corrected chi connectivity index (χ1v) is 5.73. The standard InChI is InChI=1S/C11H13BrN2O/c1-7(2)14-6-11(15)13-9-5-8(12)3-4-10(9)14/h3-5,7H,6H2,1-2H3,(H,13,15). The summed E-state index contributed by atoms with van der Waals surface area (Å²) in [5.74, 6) is 0.0503. The number of anilines is 2. The van der Waals surface area contributed by atoms with E-state index in [0.717, 1.165) is 15.8 Å². The normalized spacial score (nSPS) is 15.2. The van der Waals surface area contributed by atoms with Gasteiger partial charge in [0.2, 0.25) is 5.91 Å². The van der Waals surface area contributed by atoms with Gasteiger partial charge in [-0.3, -0.25) is 4.79 Å². The first-order valence-electron chi connectivity index (χ1n) is 4.94. The Hall–Kier alpha value is -1.03. The molecule has 0 saturated heterocycles. The molecular formula is C11H13BrN2O. The fourth-order valence-electron chi connectivity index (χ4n) is 1.75. The number of halogens is 1. The third-order valence-electron chi connectivity index (χ3n) is 2.48. The summed E-state index contributed by atoms with van der Waals surface area (Å²) in [6.07, 6.45) is 0. The van der Waals surface area contributed by atoms with Crippen molar-refractivity contribution in [2.45, 2.75) is 19.9 Å². The Kier molecular flexibility index (Phi) is 2.69. The highest BCUT2D eigenvalue weighted by molar-refractivity contribution is 9.10. The molecule has 0 atom stereocenters. The molecule has 1 aliphatic rings. The molecule has 1 aromatic carbocycles. The van der Waals surface area contributed by atoms with Crippen molar-refractivity contribution >= 4 is 33.2 Å². The van der Waals surface area contributed by atoms with Crippen LogP contribution in [-0.2, 0) is 4.79 Å². The number of hydrogen-bond acceptors (Lipinski definition) is 2. The van der Waals surface area contributed by atoms with Crippen LogP contribution in [0.4, 0.5) is 11.4 Å². The van der Waals surface area contributed by atoms with E-state index in [4.69, 9.17) is 0 Å². The minimum Gasteiger partial charge on any atom is -0.358 e. The second-order valence-electron chi connectivity index (χ2n) is 3.93. The smallest absolute Gasteiger partial charge is 0.243 e. The molecule has 1 N–H and O–H groups in total. The minimum atomic E-state index is 0.0503. The summed E-state index contributed by atoms with van der Waals surface area (Å²) in [6, 6.07) is 6.28. The van der Waals surface area contributed by atoms with Gasteiger partial charge in [0.25, 0.3) is 0 Å². The number of amides is 1. The van der Waals surface area contributed by atoms with Gasteiger partial charge in [0.15, 0.2) is 0 Å². The lowest BCUT2D eigenvalue weighted by atomic mass is 10.1. The Labute approximate surface area is 97.6 Å². The van der Waals surface area contributed by atoms with Crippen molar-refractivity contribution in [3.8, 4) is 0 Å². The second-order valence-corrected chi connectivity index (χ2v) is 4.85. The molecule has 15 heavy (non-hydrogen) atoms. The van der Waals surface area contributed by atoms with Crippen molar-refractivity contribution in [1.29, 1.82) is 0 Å². The summed E-state index contributed by atoms with van der Waals surface area (Å²) in [4.78, 5) is 13.6. The van der Waals surface area contributed by atoms with Gasteiger partial charge < -0.3 is 10.2 Å². The van der Waals surface area contributed by atoms with Crippen molar-refractivity contribution in [3.05, 3.63) is 22.7 Å². The van der Waals surface area contributed by atoms with E-state index in [2.05, 4.69) is 40.0 Å². The zero-order valence-electron chi connectivity index (χ0n) is 8.75. The van der Waals surface area contributed by atoms with Gasteiger partial charge in [-0.2, -0.15) is 0 Å². The Morgan fingerprint density at radius 1 is 1.47 bits per heavy atom. The number of carbonyl (C=O) groups excluding carboxylic acids is 1. The van der Waals surface area contributed by atoms with Gasteiger partial charge in [-0.25, -0.2) is 0 Å². The average Bonchev–Trinajstić information content (AvgIpc) is 2.15. The topological polar surface area (TPSA) is 32.3 Å². The summed E-state index contributed by atoms with van der Waals surface area (Å²) in [6.45, 7) is 4.61. The molecule has 0 spiro atoms. The Morgan fingerprint density at radius 3 is 2.87 bits per heavy atom. The highest BCUT2D eigenvalue weighted by Gasteiger charge is 2.23. The van der Waals surface area contributed by atoms with Gasteiger partial charge in [-0.15, -0.1) is 0 Å². The lowest BCUT2D eigenvalue weighted by molar-refractivity contribution is -0.115. The van der Waals surface area contributed by atoms with E-state index >= 15 is 0 Å². The largest absolute Gasteiger partial charge is 0.358 e. The fraction of sp³-hybridized carbons (Fsp3) is 0.364. The Balaban J connectivity index is 2.46. The molecule has 1 aromatic rings. The maximum atomic E-state index is 11.5. The molecule has 4 heteroatoms. The predicted octanol–water partition coefficient (Wildman–Crippen LogP) is 2.62. The van der Waals surface area contributed by atoms with Gasteiger partial charge in [-0.05, 0) is 32.0 Å². The van der Waals surface area contributed by atoms with Crippen LogP contribution >= 0.6 is 15.9 Å². The second kappa shape index (κ2) is 3.85. The van der Waals surface area contributed by atoms with Gasteiger partial charge in [-0.1, -0.05) is 15.9 Å². The van der Waals surface area contributed by atoms with Gasteiger partial charge in [0, 0.05) is 10.5 Å². The van der Waals surface area contributed by atoms with E-state index < -0.39 is 0 Å². The van der Waals surface area contributed by atoms with E-state index in [1.54, 1.807) is 0 Å². The van der Waals surface area contributed by atoms with E-state index in [1.165, 1.54) is 0 Å². The molecule has 0 aromatic heterocycles. The molecule has 0 bridgehead atoms. The van der Waals surface area contributed by atoms with Crippen molar-refractivity contribution in [1.82, 2.24) is 0 Å². The summed E-state index contributed by atoms with van der Waals surface area (Å²) in [5.41, 5.74) is 1.97. The van der Waals surface area contributed by atoms with Crippen LogP contribution in [0.15, 0.2) is 22.7 Å². The third-order valence-corrected chi connectivity index (χ3v) is 2.97. The molecule has 80 valence electrons. The molecule has 0 fully saturated rings. The number of fused-ring (bicyclic) bond motifs is 1. The average molecular weight is 269 g/mol. The minimum absolute atomic E-state index is 0.0503. The van der Waals surface area contributed by atoms with Crippen LogP contribution in [0.3, 0.4) is 0 Å². The van der Waals surface area contributed by atoms with E-state index in [-0.39, 0.29) is 5.91 Å². The molecule has 2 rings (SSSR count). The van der Waals surface area contributed by atoms with E-state index in [0.29, 0.717) is 12.6 Å². The fourth-order valence-corrected chi connectivity index (χ4v) is 2.11. The monoisotopic (exact) mass is 268 g/mol. The van der Waals surface area contributed by atoms with Crippen LogP contribution in [0, 0.1) is 0 Å². The maximum absolute atomic E-state index is 11.5. The zero-order chi connectivity index (χ0) is 11.0. The summed E-state index contributed by atoms with van der Waals surface area (Å²) in [7, 11) is 0. The number of hydrogen-bond donors (Lipinski definition) is 1. The molecule has 0 saturated carbocycles. The Bertz CT molecular complexity index is 404. The van der Waals surface area contributed by atoms with E-state index in [1.807, 2.05) is 18.2 Å². The summed E-state index contributed by atoms with van der Waals surface area (Å²) >= 11 is 3.40. The number of benzene rings is 1. The van der Waals surface area contributed by atoms with Crippen LogP contribution in [0.2, 0.25) is 0 Å². The lowest BCUT2D eigenvalue weighted by Crippen LogP contribution is -2.42. The predicted molar refractivity (Wildman–Crippen MR) is 65.3 cm³/mol.